The van der Waals surface area contributed by atoms with Crippen molar-refractivity contribution in [2.75, 3.05) is 0 Å². The Morgan fingerprint density at radius 2 is 1.25 bits per heavy atom. The van der Waals surface area contributed by atoms with Gasteiger partial charge in [-0.3, -0.25) is 14.8 Å². The van der Waals surface area contributed by atoms with Crippen molar-refractivity contribution < 1.29 is 39.8 Å². The molecule has 16 heavy (non-hydrogen) atoms. The van der Waals surface area contributed by atoms with Gasteiger partial charge in [-0.15, -0.1) is 0 Å². The van der Waals surface area contributed by atoms with Gasteiger partial charge >= 0.3 is 121 Å². The predicted octanol–water partition coefficient (Wildman–Crippen LogP) is -2.05. The minimum atomic E-state index is -2.64. The Morgan fingerprint density at radius 3 is 1.38 bits per heavy atom. The van der Waals surface area contributed by atoms with E-state index in [1.165, 1.54) is 0 Å². The van der Waals surface area contributed by atoms with Gasteiger partial charge in [0.1, 0.15) is 0 Å². The van der Waals surface area contributed by atoms with Gasteiger partial charge in [0.15, 0.2) is 0 Å². The fourth-order valence-electron chi connectivity index (χ4n) is 0.806. The first kappa shape index (κ1) is 22.8. The van der Waals surface area contributed by atoms with E-state index in [9.17, 15) is 14.4 Å². The van der Waals surface area contributed by atoms with Crippen LogP contribution in [0.5, 0.6) is 0 Å². The Morgan fingerprint density at radius 1 is 0.938 bits per heavy atom. The predicted molar refractivity (Wildman–Crippen MR) is 52.9 cm³/mol. The van der Waals surface area contributed by atoms with Gasteiger partial charge in [-0.1, -0.05) is 0 Å². The molecule has 0 radical (unpaired) electrons. The van der Waals surface area contributed by atoms with Crippen molar-refractivity contribution in [2.45, 2.75) is 18.4 Å². The van der Waals surface area contributed by atoms with Crippen molar-refractivity contribution in [2.24, 2.45) is 0 Å². The van der Waals surface area contributed by atoms with E-state index < -0.39 is 36.4 Å². The standard InChI is InChI=1S/C6H8O8.2K.2H/c7-3(8)1-6(14-13,5(11)12)2-4(9)10;;;;/h13H,1-2H2,(H,7,8)(H,9,10)(H,11,12);;;;. The van der Waals surface area contributed by atoms with Gasteiger partial charge < -0.3 is 15.3 Å². The quantitative estimate of drug-likeness (QED) is 0.249. The monoisotopic (exact) mass is 288 g/mol. The van der Waals surface area contributed by atoms with Crippen LogP contribution in [0.3, 0.4) is 0 Å². The molecule has 0 rings (SSSR count). The van der Waals surface area contributed by atoms with Crippen molar-refractivity contribution in [3.8, 4) is 0 Å². The van der Waals surface area contributed by atoms with Crippen molar-refractivity contribution in [3.63, 3.8) is 0 Å². The van der Waals surface area contributed by atoms with Crippen LogP contribution in [0.2, 0.25) is 0 Å². The van der Waals surface area contributed by atoms with Gasteiger partial charge in [0, 0.05) is 0 Å². The molecule has 0 aromatic rings. The molecule has 0 amide bonds. The van der Waals surface area contributed by atoms with E-state index in [4.69, 9.17) is 20.6 Å². The summed E-state index contributed by atoms with van der Waals surface area (Å²) >= 11 is 0. The molecule has 0 aromatic heterocycles. The molecule has 0 aromatic carbocycles. The van der Waals surface area contributed by atoms with Crippen LogP contribution in [0, 0.1) is 0 Å². The van der Waals surface area contributed by atoms with Gasteiger partial charge in [0.05, 0.1) is 12.8 Å². The molecular formula is C6H10K2O8. The van der Waals surface area contributed by atoms with Crippen LogP contribution in [0.1, 0.15) is 12.8 Å². The second-order valence-corrected chi connectivity index (χ2v) is 2.53. The zero-order valence-electron chi connectivity index (χ0n) is 6.84. The summed E-state index contributed by atoms with van der Waals surface area (Å²) in [6, 6.07) is 0. The molecule has 8 nitrogen and oxygen atoms in total. The van der Waals surface area contributed by atoms with Crippen molar-refractivity contribution in [3.05, 3.63) is 0 Å². The van der Waals surface area contributed by atoms with E-state index in [-0.39, 0.29) is 103 Å². The maximum absolute atomic E-state index is 10.5. The number of carbonyl (C=O) groups is 3. The van der Waals surface area contributed by atoms with Crippen molar-refractivity contribution >= 4 is 121 Å². The molecule has 0 aliphatic heterocycles. The van der Waals surface area contributed by atoms with Crippen LogP contribution in [0.25, 0.3) is 0 Å². The average molecular weight is 288 g/mol. The summed E-state index contributed by atoms with van der Waals surface area (Å²) in [5, 5.41) is 33.3. The topological polar surface area (TPSA) is 141 Å². The molecule has 0 saturated heterocycles. The number of rotatable bonds is 6. The SMILES string of the molecule is O=C(O)CC(CC(=O)O)(OO)C(=O)O.[KH].[KH]. The summed E-state index contributed by atoms with van der Waals surface area (Å²) in [6.45, 7) is 0. The van der Waals surface area contributed by atoms with E-state index >= 15 is 0 Å². The number of carboxylic acids is 3. The molecule has 0 aliphatic carbocycles. The summed E-state index contributed by atoms with van der Waals surface area (Å²) in [4.78, 5) is 34.4. The molecular weight excluding hydrogens is 278 g/mol. The fraction of sp³-hybridized carbons (Fsp3) is 0.500. The minimum absolute atomic E-state index is 0. The van der Waals surface area contributed by atoms with Crippen LogP contribution in [0.15, 0.2) is 0 Å². The van der Waals surface area contributed by atoms with Crippen molar-refractivity contribution in [1.29, 1.82) is 0 Å². The van der Waals surface area contributed by atoms with Gasteiger partial charge in [-0.2, -0.15) is 0 Å². The molecule has 0 aliphatic rings. The molecule has 84 valence electrons. The summed E-state index contributed by atoms with van der Waals surface area (Å²) in [5.41, 5.74) is -2.64. The third-order valence-electron chi connectivity index (χ3n) is 1.44. The van der Waals surface area contributed by atoms with E-state index in [2.05, 4.69) is 4.89 Å². The van der Waals surface area contributed by atoms with E-state index in [1.807, 2.05) is 0 Å². The molecule has 4 N–H and O–H groups in total. The zero-order valence-corrected chi connectivity index (χ0v) is 6.84. The molecule has 0 atom stereocenters. The van der Waals surface area contributed by atoms with E-state index in [0.29, 0.717) is 0 Å². The molecule has 0 bridgehead atoms. The van der Waals surface area contributed by atoms with Gasteiger partial charge in [-0.25, -0.2) is 9.68 Å². The first-order valence-electron chi connectivity index (χ1n) is 3.33. The summed E-state index contributed by atoms with van der Waals surface area (Å²) in [7, 11) is 0. The first-order chi connectivity index (χ1) is 6.34. The molecule has 0 heterocycles. The zero-order chi connectivity index (χ0) is 11.4. The Balaban J connectivity index is -0.000000845. The van der Waals surface area contributed by atoms with Crippen LogP contribution >= 0.6 is 0 Å². The Bertz CT molecular complexity index is 249. The van der Waals surface area contributed by atoms with Crippen LogP contribution < -0.4 is 0 Å². The van der Waals surface area contributed by atoms with Crippen LogP contribution in [-0.2, 0) is 19.3 Å². The van der Waals surface area contributed by atoms with Gasteiger partial charge in [0.2, 0.25) is 5.60 Å². The number of hydrogen-bond donors (Lipinski definition) is 4. The third-order valence-corrected chi connectivity index (χ3v) is 1.44. The van der Waals surface area contributed by atoms with E-state index in [1.54, 1.807) is 0 Å². The van der Waals surface area contributed by atoms with Gasteiger partial charge in [0.25, 0.3) is 0 Å². The van der Waals surface area contributed by atoms with Gasteiger partial charge in [-0.05, 0) is 0 Å². The normalized spacial score (nSPS) is 9.56. The first-order valence-corrected chi connectivity index (χ1v) is 3.33. The Hall–Kier alpha value is 1.60. The molecule has 0 spiro atoms. The molecule has 10 heteroatoms. The molecule has 0 fully saturated rings. The summed E-state index contributed by atoms with van der Waals surface area (Å²) < 4.78 is 0. The number of aliphatic carboxylic acids is 3. The van der Waals surface area contributed by atoms with Crippen LogP contribution in [0.4, 0.5) is 0 Å². The second-order valence-electron chi connectivity index (χ2n) is 2.53. The summed E-state index contributed by atoms with van der Waals surface area (Å²) in [6.07, 6.45) is -2.30. The van der Waals surface area contributed by atoms with Crippen molar-refractivity contribution in [1.82, 2.24) is 0 Å². The van der Waals surface area contributed by atoms with Crippen LogP contribution in [-0.4, -0.2) is 147 Å². The maximum atomic E-state index is 10.5. The Kier molecular flexibility index (Phi) is 15.0. The average Bonchev–Trinajstić information content (AvgIpc) is 2.00. The molecule has 0 unspecified atom stereocenters. The Labute approximate surface area is 175 Å². The number of carboxylic acid groups (broad SMARTS) is 3. The molecule has 0 saturated carbocycles. The third kappa shape index (κ3) is 7.84. The summed E-state index contributed by atoms with van der Waals surface area (Å²) in [5.74, 6) is -5.05. The fourth-order valence-corrected chi connectivity index (χ4v) is 0.806. The second kappa shape index (κ2) is 10.5. The number of hydrogen-bond acceptors (Lipinski definition) is 5. The van der Waals surface area contributed by atoms with E-state index in [0.717, 1.165) is 0 Å².